The maximum absolute atomic E-state index is 12.2. The maximum atomic E-state index is 12.2. The Morgan fingerprint density at radius 3 is 2.44 bits per heavy atom. The summed E-state index contributed by atoms with van der Waals surface area (Å²) in [4.78, 5) is 24.0. The Morgan fingerprint density at radius 1 is 1.20 bits per heavy atom. The van der Waals surface area contributed by atoms with Crippen molar-refractivity contribution in [2.24, 2.45) is 22.4 Å². The van der Waals surface area contributed by atoms with Crippen molar-refractivity contribution in [3.05, 3.63) is 10.8 Å². The van der Waals surface area contributed by atoms with E-state index in [0.717, 1.165) is 25.7 Å². The van der Waals surface area contributed by atoms with Crippen LogP contribution in [0.5, 0.6) is 0 Å². The number of hydrogen-bond donors (Lipinski definition) is 6. The number of aliphatic imine (C=N–C) groups is 1. The molecule has 0 aromatic carbocycles. The van der Waals surface area contributed by atoms with Gasteiger partial charge in [0.1, 0.15) is 0 Å². The third kappa shape index (κ3) is 5.18. The molecular weight excluding hydrogens is 346 g/mol. The number of hydrogen-bond acceptors (Lipinski definition) is 7. The zero-order valence-electron chi connectivity index (χ0n) is 13.6. The number of rotatable bonds is 4. The van der Waals surface area contributed by atoms with Crippen molar-refractivity contribution in [3.8, 4) is 0 Å². The summed E-state index contributed by atoms with van der Waals surface area (Å²) in [5.41, 5.74) is 22.2. The van der Waals surface area contributed by atoms with Crippen molar-refractivity contribution in [1.29, 1.82) is 5.41 Å². The van der Waals surface area contributed by atoms with E-state index in [9.17, 15) is 4.79 Å². The van der Waals surface area contributed by atoms with Gasteiger partial charge in [-0.1, -0.05) is 11.6 Å². The van der Waals surface area contributed by atoms with Crippen molar-refractivity contribution in [3.63, 3.8) is 0 Å². The Bertz CT molecular complexity index is 698. The Labute approximate surface area is 149 Å². The minimum absolute atomic E-state index is 0.0157. The lowest BCUT2D eigenvalue weighted by molar-refractivity contribution is 0.0972. The standard InChI is InChI=1S/C14H22ClN9O/c15-10-12(19)23-11(18)9(22-10)13(25)24-14(20)21-7-3-1-6(2-4-7)5-8(16)17/h6-7H,1-5H2,(H3,16,17)(H4,18,19,23)(H3,20,21,24,25). The highest BCUT2D eigenvalue weighted by Gasteiger charge is 2.22. The normalized spacial score (nSPS) is 20.9. The Morgan fingerprint density at radius 2 is 1.84 bits per heavy atom. The molecule has 11 heteroatoms. The Kier molecular flexibility index (Phi) is 5.97. The highest BCUT2D eigenvalue weighted by molar-refractivity contribution is 6.31. The van der Waals surface area contributed by atoms with Gasteiger partial charge >= 0.3 is 0 Å². The number of amidine groups is 1. The van der Waals surface area contributed by atoms with Crippen LogP contribution in [0, 0.1) is 11.3 Å². The molecule has 0 bridgehead atoms. The van der Waals surface area contributed by atoms with Crippen LogP contribution in [0.2, 0.25) is 5.15 Å². The molecule has 1 aromatic heterocycles. The summed E-state index contributed by atoms with van der Waals surface area (Å²) in [5.74, 6) is -0.254. The molecule has 1 aromatic rings. The molecule has 0 saturated heterocycles. The maximum Gasteiger partial charge on any atom is 0.280 e. The molecule has 0 radical (unpaired) electrons. The monoisotopic (exact) mass is 367 g/mol. The van der Waals surface area contributed by atoms with Gasteiger partial charge in [0.25, 0.3) is 5.91 Å². The van der Waals surface area contributed by atoms with E-state index in [4.69, 9.17) is 39.9 Å². The van der Waals surface area contributed by atoms with Crippen LogP contribution in [-0.2, 0) is 0 Å². The number of anilines is 2. The van der Waals surface area contributed by atoms with E-state index in [-0.39, 0.29) is 40.3 Å². The molecule has 0 atom stereocenters. The van der Waals surface area contributed by atoms with Crippen molar-refractivity contribution in [1.82, 2.24) is 15.3 Å². The van der Waals surface area contributed by atoms with Gasteiger partial charge in [0.05, 0.1) is 11.9 Å². The van der Waals surface area contributed by atoms with Gasteiger partial charge in [0.2, 0.25) is 0 Å². The molecule has 136 valence electrons. The van der Waals surface area contributed by atoms with Crippen LogP contribution in [-0.4, -0.2) is 33.7 Å². The fourth-order valence-corrected chi connectivity index (χ4v) is 2.93. The van der Waals surface area contributed by atoms with E-state index in [1.54, 1.807) is 0 Å². The molecule has 10 nitrogen and oxygen atoms in total. The zero-order valence-corrected chi connectivity index (χ0v) is 14.4. The van der Waals surface area contributed by atoms with E-state index >= 15 is 0 Å². The second-order valence-electron chi connectivity index (χ2n) is 6.01. The number of carbonyl (C=O) groups is 1. The number of amides is 1. The van der Waals surface area contributed by atoms with Gasteiger partial charge in [-0.05, 0) is 31.6 Å². The quantitative estimate of drug-likeness (QED) is 0.323. The third-order valence-corrected chi connectivity index (χ3v) is 4.29. The van der Waals surface area contributed by atoms with Crippen LogP contribution in [0.3, 0.4) is 0 Å². The SMILES string of the molecule is N=C(N)CC1CCC(N=C(N)NC(=O)c2nc(Cl)c(N)nc2N)CC1. The van der Waals surface area contributed by atoms with Crippen LogP contribution >= 0.6 is 11.6 Å². The molecule has 1 heterocycles. The van der Waals surface area contributed by atoms with Crippen molar-refractivity contribution in [2.75, 3.05) is 11.5 Å². The van der Waals surface area contributed by atoms with E-state index in [1.165, 1.54) is 0 Å². The first-order valence-corrected chi connectivity index (χ1v) is 8.20. The number of aromatic nitrogens is 2. The molecule has 1 amide bonds. The van der Waals surface area contributed by atoms with Crippen LogP contribution in [0.15, 0.2) is 4.99 Å². The fourth-order valence-electron chi connectivity index (χ4n) is 2.80. The van der Waals surface area contributed by atoms with Crippen LogP contribution < -0.4 is 28.3 Å². The molecule has 1 aliphatic carbocycles. The second-order valence-corrected chi connectivity index (χ2v) is 6.36. The van der Waals surface area contributed by atoms with Gasteiger partial charge in [-0.3, -0.25) is 15.5 Å². The van der Waals surface area contributed by atoms with Gasteiger partial charge in [-0.15, -0.1) is 0 Å². The minimum Gasteiger partial charge on any atom is -0.388 e. The zero-order chi connectivity index (χ0) is 18.6. The van der Waals surface area contributed by atoms with E-state index in [2.05, 4.69) is 20.3 Å². The van der Waals surface area contributed by atoms with Gasteiger partial charge in [-0.25, -0.2) is 15.0 Å². The molecule has 1 saturated carbocycles. The summed E-state index contributed by atoms with van der Waals surface area (Å²) in [6.45, 7) is 0. The molecule has 2 rings (SSSR count). The lowest BCUT2D eigenvalue weighted by Gasteiger charge is -2.26. The van der Waals surface area contributed by atoms with Gasteiger partial charge in [0, 0.05) is 6.42 Å². The molecule has 0 spiro atoms. The first kappa shape index (κ1) is 18.7. The van der Waals surface area contributed by atoms with Crippen LogP contribution in [0.4, 0.5) is 11.6 Å². The Balaban J connectivity index is 1.94. The van der Waals surface area contributed by atoms with Gasteiger partial charge < -0.3 is 22.9 Å². The van der Waals surface area contributed by atoms with Crippen LogP contribution in [0.25, 0.3) is 0 Å². The third-order valence-electron chi connectivity index (χ3n) is 4.01. The summed E-state index contributed by atoms with van der Waals surface area (Å²) < 4.78 is 0. The van der Waals surface area contributed by atoms with Crippen molar-refractivity contribution >= 4 is 40.9 Å². The van der Waals surface area contributed by atoms with Crippen molar-refractivity contribution < 1.29 is 4.79 Å². The minimum atomic E-state index is -0.654. The van der Waals surface area contributed by atoms with Crippen LogP contribution in [0.1, 0.15) is 42.6 Å². The fraction of sp³-hybridized carbons (Fsp3) is 0.500. The first-order valence-electron chi connectivity index (χ1n) is 7.82. The van der Waals surface area contributed by atoms with Crippen molar-refractivity contribution in [2.45, 2.75) is 38.1 Å². The molecule has 10 N–H and O–H groups in total. The van der Waals surface area contributed by atoms with Gasteiger partial charge in [-0.2, -0.15) is 0 Å². The van der Waals surface area contributed by atoms with E-state index in [1.807, 2.05) is 0 Å². The second kappa shape index (κ2) is 7.97. The first-order chi connectivity index (χ1) is 11.8. The summed E-state index contributed by atoms with van der Waals surface area (Å²) in [6.07, 6.45) is 4.09. The lowest BCUT2D eigenvalue weighted by atomic mass is 9.84. The summed E-state index contributed by atoms with van der Waals surface area (Å²) in [5, 5.41) is 9.66. The van der Waals surface area contributed by atoms with Gasteiger partial charge in [0.15, 0.2) is 28.4 Å². The highest BCUT2D eigenvalue weighted by Crippen LogP contribution is 2.28. The average molecular weight is 368 g/mol. The number of nitrogens with zero attached hydrogens (tertiary/aromatic N) is 3. The number of nitrogen functional groups attached to an aromatic ring is 2. The van der Waals surface area contributed by atoms with E-state index in [0.29, 0.717) is 12.3 Å². The predicted octanol–water partition coefficient (Wildman–Crippen LogP) is 0.224. The number of guanidine groups is 1. The van der Waals surface area contributed by atoms with E-state index < -0.39 is 5.91 Å². The molecule has 1 fully saturated rings. The number of carbonyl (C=O) groups excluding carboxylic acids is 1. The summed E-state index contributed by atoms with van der Waals surface area (Å²) in [6, 6.07) is 0.0157. The smallest absolute Gasteiger partial charge is 0.280 e. The average Bonchev–Trinajstić information content (AvgIpc) is 2.52. The molecule has 25 heavy (non-hydrogen) atoms. The predicted molar refractivity (Wildman–Crippen MR) is 97.2 cm³/mol. The topological polar surface area (TPSA) is 195 Å². The highest BCUT2D eigenvalue weighted by atomic mass is 35.5. The summed E-state index contributed by atoms with van der Waals surface area (Å²) >= 11 is 5.75. The lowest BCUT2D eigenvalue weighted by Crippen LogP contribution is -2.39. The number of halogens is 1. The largest absolute Gasteiger partial charge is 0.388 e. The number of nitrogens with two attached hydrogens (primary N) is 4. The Hall–Kier alpha value is -2.62. The molecule has 1 aliphatic rings. The molecule has 0 aliphatic heterocycles. The molecular formula is C14H22ClN9O. The summed E-state index contributed by atoms with van der Waals surface area (Å²) in [7, 11) is 0. The molecule has 0 unspecified atom stereocenters. The number of nitrogens with one attached hydrogen (secondary N) is 2.